The molecule has 0 aliphatic carbocycles. The Labute approximate surface area is 109 Å². The van der Waals surface area contributed by atoms with Gasteiger partial charge >= 0.3 is 0 Å². The van der Waals surface area contributed by atoms with Crippen molar-refractivity contribution < 1.29 is 4.74 Å². The Kier molecular flexibility index (Phi) is 3.56. The van der Waals surface area contributed by atoms with Crippen LogP contribution >= 0.6 is 0 Å². The van der Waals surface area contributed by atoms with E-state index in [1.807, 2.05) is 38.4 Å². The second-order valence-corrected chi connectivity index (χ2v) is 4.45. The molecule has 0 aliphatic rings. The summed E-state index contributed by atoms with van der Waals surface area (Å²) in [7, 11) is 5.77. The standard InChI is InChI=1S/C16H18NO/c1-12-8-10-13(11-9-12)16-14(17(2)3)6-5-7-15(16)18-4/h5-11H,1H2,2-4H3. The zero-order valence-corrected chi connectivity index (χ0v) is 11.1. The summed E-state index contributed by atoms with van der Waals surface area (Å²) in [5.41, 5.74) is 4.42. The molecule has 2 nitrogen and oxygen atoms in total. The van der Waals surface area contributed by atoms with Gasteiger partial charge in [-0.3, -0.25) is 0 Å². The quantitative estimate of drug-likeness (QED) is 0.812. The van der Waals surface area contributed by atoms with Crippen LogP contribution in [0.1, 0.15) is 5.56 Å². The van der Waals surface area contributed by atoms with Crippen LogP contribution in [0.4, 0.5) is 5.69 Å². The fraction of sp³-hybridized carbons (Fsp3) is 0.188. The summed E-state index contributed by atoms with van der Waals surface area (Å²) in [4.78, 5) is 2.09. The van der Waals surface area contributed by atoms with E-state index in [4.69, 9.17) is 4.74 Å². The second kappa shape index (κ2) is 5.13. The molecule has 0 heterocycles. The minimum absolute atomic E-state index is 0.887. The van der Waals surface area contributed by atoms with Crippen molar-refractivity contribution in [3.05, 3.63) is 55.0 Å². The molecular weight excluding hydrogens is 222 g/mol. The lowest BCUT2D eigenvalue weighted by Crippen LogP contribution is -2.10. The highest BCUT2D eigenvalue weighted by Crippen LogP contribution is 2.37. The number of methoxy groups -OCH3 is 1. The third-order valence-corrected chi connectivity index (χ3v) is 2.95. The van der Waals surface area contributed by atoms with Crippen molar-refractivity contribution in [2.24, 2.45) is 0 Å². The van der Waals surface area contributed by atoms with E-state index in [1.54, 1.807) is 7.11 Å². The summed E-state index contributed by atoms with van der Waals surface area (Å²) in [6, 6.07) is 14.3. The Morgan fingerprint density at radius 3 is 2.22 bits per heavy atom. The van der Waals surface area contributed by atoms with Crippen molar-refractivity contribution in [3.63, 3.8) is 0 Å². The van der Waals surface area contributed by atoms with E-state index in [0.717, 1.165) is 28.1 Å². The summed E-state index contributed by atoms with van der Waals surface area (Å²) in [6.07, 6.45) is 0. The van der Waals surface area contributed by atoms with Crippen LogP contribution in [0.2, 0.25) is 0 Å². The maximum atomic E-state index is 5.48. The Morgan fingerprint density at radius 2 is 1.67 bits per heavy atom. The van der Waals surface area contributed by atoms with Crippen LogP contribution < -0.4 is 9.64 Å². The predicted molar refractivity (Wildman–Crippen MR) is 77.2 cm³/mol. The van der Waals surface area contributed by atoms with Crippen molar-refractivity contribution in [3.8, 4) is 16.9 Å². The molecule has 0 amide bonds. The van der Waals surface area contributed by atoms with Gasteiger partial charge in [-0.1, -0.05) is 30.3 Å². The number of hydrogen-bond acceptors (Lipinski definition) is 2. The van der Waals surface area contributed by atoms with E-state index in [0.29, 0.717) is 0 Å². The molecule has 2 aromatic carbocycles. The molecule has 0 atom stereocenters. The van der Waals surface area contributed by atoms with Gasteiger partial charge in [0.05, 0.1) is 7.11 Å². The van der Waals surface area contributed by atoms with E-state index in [1.165, 1.54) is 0 Å². The van der Waals surface area contributed by atoms with E-state index >= 15 is 0 Å². The van der Waals surface area contributed by atoms with Crippen molar-refractivity contribution in [2.45, 2.75) is 0 Å². The zero-order valence-electron chi connectivity index (χ0n) is 11.1. The third-order valence-electron chi connectivity index (χ3n) is 2.95. The molecule has 0 aliphatic heterocycles. The Balaban J connectivity index is 2.63. The minimum Gasteiger partial charge on any atom is -0.496 e. The molecule has 0 unspecified atom stereocenters. The number of ether oxygens (including phenoxy) is 1. The lowest BCUT2D eigenvalue weighted by Gasteiger charge is -2.20. The van der Waals surface area contributed by atoms with E-state index in [2.05, 4.69) is 30.0 Å². The van der Waals surface area contributed by atoms with Crippen molar-refractivity contribution in [1.29, 1.82) is 0 Å². The SMILES string of the molecule is [CH2]c1ccc(-c2c(OC)cccc2N(C)C)cc1. The molecule has 18 heavy (non-hydrogen) atoms. The molecule has 0 fully saturated rings. The first-order valence-corrected chi connectivity index (χ1v) is 5.90. The van der Waals surface area contributed by atoms with Gasteiger partial charge in [0.1, 0.15) is 5.75 Å². The van der Waals surface area contributed by atoms with E-state index < -0.39 is 0 Å². The van der Waals surface area contributed by atoms with Crippen LogP contribution in [-0.2, 0) is 0 Å². The predicted octanol–water partition coefficient (Wildman–Crippen LogP) is 3.61. The van der Waals surface area contributed by atoms with Gasteiger partial charge in [0.15, 0.2) is 0 Å². The third kappa shape index (κ3) is 2.33. The average molecular weight is 240 g/mol. The van der Waals surface area contributed by atoms with Gasteiger partial charge in [0.25, 0.3) is 0 Å². The van der Waals surface area contributed by atoms with Crippen LogP contribution in [0.3, 0.4) is 0 Å². The Bertz CT molecular complexity index is 529. The fourth-order valence-electron chi connectivity index (χ4n) is 2.02. The van der Waals surface area contributed by atoms with Gasteiger partial charge in [-0.25, -0.2) is 0 Å². The number of hydrogen-bond donors (Lipinski definition) is 0. The lowest BCUT2D eigenvalue weighted by molar-refractivity contribution is 0.416. The summed E-state index contributed by atoms with van der Waals surface area (Å²) >= 11 is 0. The van der Waals surface area contributed by atoms with E-state index in [-0.39, 0.29) is 0 Å². The fourth-order valence-corrected chi connectivity index (χ4v) is 2.02. The highest BCUT2D eigenvalue weighted by atomic mass is 16.5. The molecule has 2 rings (SSSR count). The van der Waals surface area contributed by atoms with Crippen LogP contribution in [-0.4, -0.2) is 21.2 Å². The van der Waals surface area contributed by atoms with Crippen molar-refractivity contribution >= 4 is 5.69 Å². The maximum Gasteiger partial charge on any atom is 0.128 e. The molecule has 0 bridgehead atoms. The topological polar surface area (TPSA) is 12.5 Å². The molecule has 0 aromatic heterocycles. The first-order valence-electron chi connectivity index (χ1n) is 5.90. The number of rotatable bonds is 3. The molecule has 93 valence electrons. The number of benzene rings is 2. The highest BCUT2D eigenvalue weighted by molar-refractivity contribution is 5.83. The second-order valence-electron chi connectivity index (χ2n) is 4.45. The first-order chi connectivity index (χ1) is 8.63. The van der Waals surface area contributed by atoms with Gasteiger partial charge in [0, 0.05) is 25.3 Å². The minimum atomic E-state index is 0.887. The molecule has 1 radical (unpaired) electrons. The van der Waals surface area contributed by atoms with Crippen LogP contribution in [0.5, 0.6) is 5.75 Å². The van der Waals surface area contributed by atoms with Crippen LogP contribution in [0.15, 0.2) is 42.5 Å². The van der Waals surface area contributed by atoms with Gasteiger partial charge < -0.3 is 9.64 Å². The van der Waals surface area contributed by atoms with E-state index in [9.17, 15) is 0 Å². The normalized spacial score (nSPS) is 10.2. The summed E-state index contributed by atoms with van der Waals surface area (Å²) in [5.74, 6) is 0.887. The lowest BCUT2D eigenvalue weighted by atomic mass is 10.0. The largest absolute Gasteiger partial charge is 0.496 e. The monoisotopic (exact) mass is 240 g/mol. The van der Waals surface area contributed by atoms with Crippen LogP contribution in [0.25, 0.3) is 11.1 Å². The van der Waals surface area contributed by atoms with Crippen LogP contribution in [0, 0.1) is 6.92 Å². The molecule has 0 saturated heterocycles. The van der Waals surface area contributed by atoms with Gasteiger partial charge in [-0.05, 0) is 30.2 Å². The van der Waals surface area contributed by atoms with Crippen molar-refractivity contribution in [2.75, 3.05) is 26.1 Å². The van der Waals surface area contributed by atoms with Gasteiger partial charge in [-0.2, -0.15) is 0 Å². The van der Waals surface area contributed by atoms with Crippen molar-refractivity contribution in [1.82, 2.24) is 0 Å². The highest BCUT2D eigenvalue weighted by Gasteiger charge is 2.12. The molecule has 2 aromatic rings. The number of anilines is 1. The summed E-state index contributed by atoms with van der Waals surface area (Å²) < 4.78 is 5.48. The molecular formula is C16H18NO. The molecule has 2 heteroatoms. The smallest absolute Gasteiger partial charge is 0.128 e. The zero-order chi connectivity index (χ0) is 13.1. The van der Waals surface area contributed by atoms with Gasteiger partial charge in [0.2, 0.25) is 0 Å². The first kappa shape index (κ1) is 12.5. The maximum absolute atomic E-state index is 5.48. The Hall–Kier alpha value is -1.96. The molecule has 0 N–H and O–H groups in total. The van der Waals surface area contributed by atoms with Gasteiger partial charge in [-0.15, -0.1) is 0 Å². The summed E-state index contributed by atoms with van der Waals surface area (Å²) in [5, 5.41) is 0. The summed E-state index contributed by atoms with van der Waals surface area (Å²) in [6.45, 7) is 3.91. The Morgan fingerprint density at radius 1 is 1.00 bits per heavy atom. The number of nitrogens with zero attached hydrogens (tertiary/aromatic N) is 1. The molecule has 0 spiro atoms. The average Bonchev–Trinajstić information content (AvgIpc) is 2.38. The molecule has 0 saturated carbocycles.